The van der Waals surface area contributed by atoms with Gasteiger partial charge in [-0.2, -0.15) is 0 Å². The number of rotatable bonds is 7. The van der Waals surface area contributed by atoms with Crippen molar-refractivity contribution in [3.63, 3.8) is 0 Å². The molecule has 0 aromatic heterocycles. The van der Waals surface area contributed by atoms with Gasteiger partial charge in [0.05, 0.1) is 6.04 Å². The zero-order valence-electron chi connectivity index (χ0n) is 21.2. The highest BCUT2D eigenvalue weighted by Crippen LogP contribution is 2.33. The highest BCUT2D eigenvalue weighted by molar-refractivity contribution is 5.97. The van der Waals surface area contributed by atoms with Gasteiger partial charge in [-0.05, 0) is 60.9 Å². The van der Waals surface area contributed by atoms with E-state index in [0.29, 0.717) is 17.4 Å². The zero-order valence-corrected chi connectivity index (χ0v) is 21.2. The molecule has 2 heterocycles. The fraction of sp³-hybridized carbons (Fsp3) is 0.355. The van der Waals surface area contributed by atoms with E-state index < -0.39 is 0 Å². The minimum Gasteiger partial charge on any atom is -0.345 e. The van der Waals surface area contributed by atoms with Crippen molar-refractivity contribution >= 4 is 11.8 Å². The average Bonchev–Trinajstić information content (AvgIpc) is 3.46. The number of benzene rings is 3. The monoisotopic (exact) mass is 481 g/mol. The minimum absolute atomic E-state index is 0.0385. The molecular weight excluding hydrogens is 446 g/mol. The van der Waals surface area contributed by atoms with Crippen LogP contribution in [0.25, 0.3) is 0 Å². The van der Waals surface area contributed by atoms with E-state index >= 15 is 0 Å². The third-order valence-corrected chi connectivity index (χ3v) is 7.82. The maximum absolute atomic E-state index is 13.3. The molecule has 1 N–H and O–H groups in total. The van der Waals surface area contributed by atoms with Crippen LogP contribution in [0.3, 0.4) is 0 Å². The van der Waals surface area contributed by atoms with Crippen molar-refractivity contribution in [1.82, 2.24) is 15.1 Å². The van der Waals surface area contributed by atoms with Gasteiger partial charge >= 0.3 is 0 Å². The summed E-state index contributed by atoms with van der Waals surface area (Å²) >= 11 is 0. The predicted octanol–water partition coefficient (Wildman–Crippen LogP) is 4.87. The van der Waals surface area contributed by atoms with Crippen LogP contribution in [-0.2, 0) is 0 Å². The second-order valence-electron chi connectivity index (χ2n) is 10.3. The first kappa shape index (κ1) is 24.3. The maximum atomic E-state index is 13.3. The first-order valence-corrected chi connectivity index (χ1v) is 13.0. The lowest BCUT2D eigenvalue weighted by Crippen LogP contribution is -2.35. The summed E-state index contributed by atoms with van der Waals surface area (Å²) in [4.78, 5) is 30.7. The summed E-state index contributed by atoms with van der Waals surface area (Å²) in [7, 11) is 0. The number of nitrogens with one attached hydrogen (secondary N) is 1. The van der Waals surface area contributed by atoms with Gasteiger partial charge in [-0.1, -0.05) is 66.7 Å². The number of hydrogen-bond donors (Lipinski definition) is 1. The van der Waals surface area contributed by atoms with Crippen molar-refractivity contribution in [3.8, 4) is 0 Å². The van der Waals surface area contributed by atoms with Crippen molar-refractivity contribution in [2.45, 2.75) is 26.3 Å². The van der Waals surface area contributed by atoms with Crippen LogP contribution in [0.2, 0.25) is 0 Å². The van der Waals surface area contributed by atoms with Gasteiger partial charge in [-0.15, -0.1) is 0 Å². The highest BCUT2D eigenvalue weighted by Gasteiger charge is 2.42. The van der Waals surface area contributed by atoms with E-state index in [1.165, 1.54) is 0 Å². The first-order valence-electron chi connectivity index (χ1n) is 13.0. The number of aryl methyl sites for hydroxylation is 2. The SMILES string of the molecule is Cc1cccc(C)c1C(=O)N1CC2CN(CCC(NC(=O)c3ccccc3)c3ccccc3)C[C@H]2C1. The lowest BCUT2D eigenvalue weighted by atomic mass is 10.0. The van der Waals surface area contributed by atoms with Crippen molar-refractivity contribution in [2.24, 2.45) is 11.8 Å². The number of fused-ring (bicyclic) bond motifs is 1. The Bertz CT molecular complexity index is 1180. The topological polar surface area (TPSA) is 52.7 Å². The molecule has 2 fully saturated rings. The van der Waals surface area contributed by atoms with Gasteiger partial charge in [0, 0.05) is 43.9 Å². The molecule has 5 nitrogen and oxygen atoms in total. The molecule has 0 bridgehead atoms. The summed E-state index contributed by atoms with van der Waals surface area (Å²) in [5.74, 6) is 1.18. The van der Waals surface area contributed by atoms with Crippen LogP contribution in [0.4, 0.5) is 0 Å². The molecule has 0 radical (unpaired) electrons. The van der Waals surface area contributed by atoms with Gasteiger partial charge in [0.25, 0.3) is 11.8 Å². The molecule has 2 saturated heterocycles. The Morgan fingerprint density at radius 2 is 1.39 bits per heavy atom. The largest absolute Gasteiger partial charge is 0.345 e. The van der Waals surface area contributed by atoms with E-state index in [0.717, 1.165) is 61.4 Å². The molecule has 3 aromatic rings. The number of carbonyl (C=O) groups is 2. The Kier molecular flexibility index (Phi) is 7.19. The lowest BCUT2D eigenvalue weighted by Gasteiger charge is -2.25. The van der Waals surface area contributed by atoms with Gasteiger partial charge in [0.15, 0.2) is 0 Å². The Labute approximate surface area is 214 Å². The van der Waals surface area contributed by atoms with Crippen LogP contribution in [0.1, 0.15) is 49.9 Å². The quantitative estimate of drug-likeness (QED) is 0.524. The molecular formula is C31H35N3O2. The fourth-order valence-electron chi connectivity index (χ4n) is 5.90. The van der Waals surface area contributed by atoms with E-state index in [4.69, 9.17) is 0 Å². The molecule has 0 aliphatic carbocycles. The second kappa shape index (κ2) is 10.7. The average molecular weight is 482 g/mol. The molecule has 0 spiro atoms. The molecule has 3 atom stereocenters. The molecule has 2 unspecified atom stereocenters. The van der Waals surface area contributed by atoms with Crippen LogP contribution in [0, 0.1) is 25.7 Å². The standard InChI is InChI=1S/C31H35N3O2/c1-22-10-9-11-23(2)29(22)31(36)34-20-26-18-33(19-27(26)21-34)17-16-28(24-12-5-3-6-13-24)32-30(35)25-14-7-4-8-15-25/h3-15,26-28H,16-21H2,1-2H3,(H,32,35)/t26-,27?,28?/m0/s1. The molecule has 2 aliphatic rings. The Balaban J connectivity index is 1.19. The fourth-order valence-corrected chi connectivity index (χ4v) is 5.90. The Hall–Kier alpha value is -3.44. The number of carbonyl (C=O) groups excluding carboxylic acids is 2. The van der Waals surface area contributed by atoms with Gasteiger partial charge in [0.1, 0.15) is 0 Å². The number of hydrogen-bond acceptors (Lipinski definition) is 3. The van der Waals surface area contributed by atoms with E-state index in [9.17, 15) is 9.59 Å². The molecule has 3 aromatic carbocycles. The Morgan fingerprint density at radius 3 is 2.00 bits per heavy atom. The number of amides is 2. The normalized spacial score (nSPS) is 20.2. The molecule has 5 rings (SSSR count). The summed E-state index contributed by atoms with van der Waals surface area (Å²) in [6.07, 6.45) is 0.854. The molecule has 36 heavy (non-hydrogen) atoms. The Morgan fingerprint density at radius 1 is 0.806 bits per heavy atom. The second-order valence-corrected chi connectivity index (χ2v) is 10.3. The third-order valence-electron chi connectivity index (χ3n) is 7.82. The minimum atomic E-state index is -0.0403. The van der Waals surface area contributed by atoms with Gasteiger partial charge in [-0.25, -0.2) is 0 Å². The smallest absolute Gasteiger partial charge is 0.254 e. The predicted molar refractivity (Wildman–Crippen MR) is 143 cm³/mol. The number of nitrogens with zero attached hydrogens (tertiary/aromatic N) is 2. The molecule has 2 aliphatic heterocycles. The first-order chi connectivity index (χ1) is 17.5. The van der Waals surface area contributed by atoms with Crippen molar-refractivity contribution < 1.29 is 9.59 Å². The van der Waals surface area contributed by atoms with E-state index in [1.807, 2.05) is 80.6 Å². The van der Waals surface area contributed by atoms with Gasteiger partial charge in [-0.3, -0.25) is 9.59 Å². The van der Waals surface area contributed by atoms with E-state index in [-0.39, 0.29) is 17.9 Å². The zero-order chi connectivity index (χ0) is 25.1. The summed E-state index contributed by atoms with van der Waals surface area (Å²) in [5.41, 5.74) is 4.80. The van der Waals surface area contributed by atoms with Crippen molar-refractivity contribution in [3.05, 3.63) is 107 Å². The van der Waals surface area contributed by atoms with Gasteiger partial charge < -0.3 is 15.1 Å². The van der Waals surface area contributed by atoms with Crippen LogP contribution in [0.5, 0.6) is 0 Å². The summed E-state index contributed by atoms with van der Waals surface area (Å²) in [5, 5.41) is 3.26. The van der Waals surface area contributed by atoms with E-state index in [2.05, 4.69) is 27.2 Å². The van der Waals surface area contributed by atoms with Crippen molar-refractivity contribution in [1.29, 1.82) is 0 Å². The van der Waals surface area contributed by atoms with Crippen LogP contribution in [0.15, 0.2) is 78.9 Å². The van der Waals surface area contributed by atoms with Crippen LogP contribution in [-0.4, -0.2) is 54.3 Å². The van der Waals surface area contributed by atoms with Crippen LogP contribution < -0.4 is 5.32 Å². The third kappa shape index (κ3) is 5.21. The summed E-state index contributed by atoms with van der Waals surface area (Å²) in [6.45, 7) is 8.66. The lowest BCUT2D eigenvalue weighted by molar-refractivity contribution is 0.0772. The van der Waals surface area contributed by atoms with Crippen molar-refractivity contribution in [2.75, 3.05) is 32.7 Å². The van der Waals surface area contributed by atoms with Crippen LogP contribution >= 0.6 is 0 Å². The molecule has 2 amide bonds. The van der Waals surface area contributed by atoms with E-state index in [1.54, 1.807) is 0 Å². The van der Waals surface area contributed by atoms with Gasteiger partial charge in [0.2, 0.25) is 0 Å². The summed E-state index contributed by atoms with van der Waals surface area (Å²) < 4.78 is 0. The summed E-state index contributed by atoms with van der Waals surface area (Å²) in [6, 6.07) is 25.7. The maximum Gasteiger partial charge on any atom is 0.254 e. The highest BCUT2D eigenvalue weighted by atomic mass is 16.2. The molecule has 5 heteroatoms. The molecule has 186 valence electrons. The number of likely N-dealkylation sites (tertiary alicyclic amines) is 2. The molecule has 0 saturated carbocycles.